The molecule has 2 aliphatic heterocycles. The van der Waals surface area contributed by atoms with E-state index in [-0.39, 0.29) is 37.4 Å². The maximum absolute atomic E-state index is 12.5. The van der Waals surface area contributed by atoms with Crippen LogP contribution >= 0.6 is 0 Å². The van der Waals surface area contributed by atoms with Gasteiger partial charge in [0.15, 0.2) is 6.29 Å². The minimum absolute atomic E-state index is 0.00918. The van der Waals surface area contributed by atoms with Crippen molar-refractivity contribution in [2.24, 2.45) is 0 Å². The first-order chi connectivity index (χ1) is 21.6. The van der Waals surface area contributed by atoms with Crippen LogP contribution in [0, 0.1) is 0 Å². The van der Waals surface area contributed by atoms with Gasteiger partial charge in [-0.25, -0.2) is 0 Å². The second-order valence-electron chi connectivity index (χ2n) is 11.7. The molecule has 3 N–H and O–H groups in total. The van der Waals surface area contributed by atoms with E-state index in [0.717, 1.165) is 65.7 Å². The minimum Gasteiger partial charge on any atom is -0.395 e. The van der Waals surface area contributed by atoms with Crippen LogP contribution < -0.4 is 5.32 Å². The first-order valence-electron chi connectivity index (χ1n) is 15.5. The molecule has 228 valence electrons. The molecular weight excluding hydrogens is 552 g/mol. The predicted octanol–water partition coefficient (Wildman–Crippen LogP) is 5.78. The van der Waals surface area contributed by atoms with Crippen LogP contribution in [-0.2, 0) is 22.6 Å². The lowest BCUT2D eigenvalue weighted by Gasteiger charge is -2.38. The van der Waals surface area contributed by atoms with Gasteiger partial charge in [-0.15, -0.1) is 0 Å². The molecular formula is C37H40N2O5. The van der Waals surface area contributed by atoms with Crippen molar-refractivity contribution in [3.63, 3.8) is 0 Å². The van der Waals surface area contributed by atoms with Gasteiger partial charge in [0.2, 0.25) is 0 Å². The summed E-state index contributed by atoms with van der Waals surface area (Å²) in [7, 11) is 0. The van der Waals surface area contributed by atoms with Crippen molar-refractivity contribution in [1.29, 1.82) is 0 Å². The highest BCUT2D eigenvalue weighted by atomic mass is 16.7. The molecule has 4 aromatic rings. The van der Waals surface area contributed by atoms with Gasteiger partial charge in [0.25, 0.3) is 5.91 Å². The molecule has 0 radical (unpaired) electrons. The number of nitrogens with one attached hydrogen (secondary N) is 1. The van der Waals surface area contributed by atoms with Gasteiger partial charge in [0.05, 0.1) is 25.4 Å². The average Bonchev–Trinajstić information content (AvgIpc) is 3.54. The highest BCUT2D eigenvalue weighted by Crippen LogP contribution is 2.39. The van der Waals surface area contributed by atoms with E-state index in [1.807, 2.05) is 66.7 Å². The predicted molar refractivity (Wildman–Crippen MR) is 170 cm³/mol. The van der Waals surface area contributed by atoms with E-state index in [1.54, 1.807) is 0 Å². The molecule has 0 aromatic heterocycles. The van der Waals surface area contributed by atoms with E-state index in [0.29, 0.717) is 12.1 Å². The van der Waals surface area contributed by atoms with E-state index in [4.69, 9.17) is 9.47 Å². The lowest BCUT2D eigenvalue weighted by Crippen LogP contribution is -2.42. The second kappa shape index (κ2) is 14.3. The molecule has 2 heterocycles. The Morgan fingerprint density at radius 1 is 0.818 bits per heavy atom. The number of hydrogen-bond acceptors (Lipinski definition) is 6. The Morgan fingerprint density at radius 3 is 2.34 bits per heavy atom. The van der Waals surface area contributed by atoms with Gasteiger partial charge in [-0.05, 0) is 65.4 Å². The molecule has 1 amide bonds. The molecule has 0 spiro atoms. The molecule has 7 nitrogen and oxygen atoms in total. The molecule has 6 rings (SSSR count). The van der Waals surface area contributed by atoms with Crippen LogP contribution in [0.3, 0.4) is 0 Å². The maximum atomic E-state index is 12.5. The number of carbonyl (C=O) groups excluding carboxylic acids is 1. The first kappa shape index (κ1) is 30.2. The Labute approximate surface area is 259 Å². The second-order valence-corrected chi connectivity index (χ2v) is 11.7. The van der Waals surface area contributed by atoms with Gasteiger partial charge in [-0.3, -0.25) is 9.69 Å². The number of aliphatic hydroxyl groups excluding tert-OH is 2. The number of rotatable bonds is 10. The molecule has 4 atom stereocenters. The summed E-state index contributed by atoms with van der Waals surface area (Å²) in [5.41, 5.74) is 6.68. The largest absolute Gasteiger partial charge is 0.395 e. The van der Waals surface area contributed by atoms with Crippen LogP contribution in [0.2, 0.25) is 0 Å². The number of nitrogens with zero attached hydrogens (tertiary/aromatic N) is 1. The summed E-state index contributed by atoms with van der Waals surface area (Å²) < 4.78 is 13.1. The van der Waals surface area contributed by atoms with Crippen molar-refractivity contribution in [2.75, 3.05) is 19.7 Å². The third-order valence-electron chi connectivity index (χ3n) is 8.70. The van der Waals surface area contributed by atoms with E-state index in [1.165, 1.54) is 0 Å². The summed E-state index contributed by atoms with van der Waals surface area (Å²) in [4.78, 5) is 14.8. The number of carbonyl (C=O) groups is 1. The minimum atomic E-state index is -0.528. The standard InChI is InChI=1S/C37H40N2O5/c40-24-26-11-13-29(14-12-26)35-21-34(23-39-19-5-10-33(39)25-41)43-37(44-35)31-17-15-28(16-18-31)32-9-4-6-27(20-32)22-38-36(42)30-7-2-1-3-8-30/h1-4,6-9,11-18,20,33-35,37,40-41H,5,10,19,21-25H2,(H,38,42)/t33-,34-,35+,37+/m0/s1. The van der Waals surface area contributed by atoms with Crippen molar-refractivity contribution in [1.82, 2.24) is 10.2 Å². The monoisotopic (exact) mass is 592 g/mol. The number of aliphatic hydroxyl groups is 2. The SMILES string of the molecule is O=C(NCc1cccc(-c2ccc([C@@H]3O[C@H](CN4CCC[C@H]4CO)C[C@H](c4ccc(CO)cc4)O3)cc2)c1)c1ccccc1. The van der Waals surface area contributed by atoms with Gasteiger partial charge in [-0.2, -0.15) is 0 Å². The number of likely N-dealkylation sites (tertiary alicyclic amines) is 1. The molecule has 0 unspecified atom stereocenters. The summed E-state index contributed by atoms with van der Waals surface area (Å²) in [5.74, 6) is -0.0922. The highest BCUT2D eigenvalue weighted by molar-refractivity contribution is 5.94. The lowest BCUT2D eigenvalue weighted by atomic mass is 9.98. The smallest absolute Gasteiger partial charge is 0.251 e. The summed E-state index contributed by atoms with van der Waals surface area (Å²) in [6, 6.07) is 33.8. The van der Waals surface area contributed by atoms with E-state index < -0.39 is 6.29 Å². The van der Waals surface area contributed by atoms with Crippen LogP contribution in [-0.4, -0.2) is 52.9 Å². The number of benzene rings is 4. The van der Waals surface area contributed by atoms with Crippen molar-refractivity contribution in [2.45, 2.75) is 57.0 Å². The molecule has 7 heteroatoms. The zero-order valence-electron chi connectivity index (χ0n) is 24.8. The zero-order chi connectivity index (χ0) is 30.3. The van der Waals surface area contributed by atoms with Crippen molar-refractivity contribution >= 4 is 5.91 Å². The van der Waals surface area contributed by atoms with E-state index >= 15 is 0 Å². The molecule has 2 fully saturated rings. The number of ether oxygens (including phenoxy) is 2. The zero-order valence-corrected chi connectivity index (χ0v) is 24.8. The Morgan fingerprint density at radius 2 is 1.59 bits per heavy atom. The quantitative estimate of drug-likeness (QED) is 0.216. The van der Waals surface area contributed by atoms with Gasteiger partial charge in [-0.1, -0.05) is 84.9 Å². The van der Waals surface area contributed by atoms with Gasteiger partial charge >= 0.3 is 0 Å². The number of amides is 1. The lowest BCUT2D eigenvalue weighted by molar-refractivity contribution is -0.253. The molecule has 0 aliphatic carbocycles. The normalized spacial score (nSPS) is 22.1. The molecule has 0 saturated carbocycles. The molecule has 2 aliphatic rings. The molecule has 4 aromatic carbocycles. The van der Waals surface area contributed by atoms with Gasteiger partial charge < -0.3 is 25.0 Å². The van der Waals surface area contributed by atoms with Crippen LogP contribution in [0.15, 0.2) is 103 Å². The first-order valence-corrected chi connectivity index (χ1v) is 15.5. The topological polar surface area (TPSA) is 91.3 Å². The molecule has 44 heavy (non-hydrogen) atoms. The molecule has 0 bridgehead atoms. The Balaban J connectivity index is 1.16. The Bertz CT molecular complexity index is 1510. The average molecular weight is 593 g/mol. The Kier molecular flexibility index (Phi) is 9.80. The fourth-order valence-electron chi connectivity index (χ4n) is 6.20. The van der Waals surface area contributed by atoms with Crippen molar-refractivity contribution in [3.8, 4) is 11.1 Å². The number of hydrogen-bond donors (Lipinski definition) is 3. The fourth-order valence-corrected chi connectivity index (χ4v) is 6.20. The van der Waals surface area contributed by atoms with Crippen LogP contribution in [0.5, 0.6) is 0 Å². The van der Waals surface area contributed by atoms with Crippen LogP contribution in [0.1, 0.15) is 64.3 Å². The third kappa shape index (κ3) is 7.26. The molecule has 2 saturated heterocycles. The van der Waals surface area contributed by atoms with Gasteiger partial charge in [0.1, 0.15) is 0 Å². The maximum Gasteiger partial charge on any atom is 0.251 e. The van der Waals surface area contributed by atoms with Gasteiger partial charge in [0, 0.05) is 36.7 Å². The van der Waals surface area contributed by atoms with Crippen molar-refractivity contribution < 1.29 is 24.5 Å². The van der Waals surface area contributed by atoms with Crippen LogP contribution in [0.25, 0.3) is 11.1 Å². The summed E-state index contributed by atoms with van der Waals surface area (Å²) >= 11 is 0. The van der Waals surface area contributed by atoms with Crippen molar-refractivity contribution in [3.05, 3.63) is 131 Å². The Hall–Kier alpha value is -3.85. The third-order valence-corrected chi connectivity index (χ3v) is 8.70. The summed E-state index contributed by atoms with van der Waals surface area (Å²) in [6.07, 6.45) is 2.09. The van der Waals surface area contributed by atoms with E-state index in [9.17, 15) is 15.0 Å². The van der Waals surface area contributed by atoms with E-state index in [2.05, 4.69) is 46.6 Å². The van der Waals surface area contributed by atoms with Crippen LogP contribution in [0.4, 0.5) is 0 Å². The fraction of sp³-hybridized carbons (Fsp3) is 0.324. The summed E-state index contributed by atoms with van der Waals surface area (Å²) in [6.45, 7) is 2.34. The summed E-state index contributed by atoms with van der Waals surface area (Å²) in [5, 5.41) is 22.4. The highest BCUT2D eigenvalue weighted by Gasteiger charge is 2.35.